The molecule has 10 nitrogen and oxygen atoms in total. The van der Waals surface area contributed by atoms with Gasteiger partial charge in [0.25, 0.3) is 0 Å². The van der Waals surface area contributed by atoms with Gasteiger partial charge >= 0.3 is 6.03 Å². The molecule has 1 aromatic rings. The molecule has 0 saturated carbocycles. The summed E-state index contributed by atoms with van der Waals surface area (Å²) in [4.78, 5) is 16.9. The van der Waals surface area contributed by atoms with Gasteiger partial charge in [0.05, 0.1) is 6.61 Å². The monoisotopic (exact) mass is 416 g/mol. The smallest absolute Gasteiger partial charge is 0.339 e. The lowest BCUT2D eigenvalue weighted by Gasteiger charge is -2.24. The first-order chi connectivity index (χ1) is 14.6. The van der Waals surface area contributed by atoms with Gasteiger partial charge in [-0.3, -0.25) is 5.21 Å². The topological polar surface area (TPSA) is 144 Å². The third-order valence-electron chi connectivity index (χ3n) is 5.87. The van der Waals surface area contributed by atoms with Crippen LogP contribution in [0.15, 0.2) is 16.9 Å². The molecule has 0 fully saturated rings. The van der Waals surface area contributed by atoms with Crippen molar-refractivity contribution in [2.45, 2.75) is 51.5 Å². The zero-order valence-corrected chi connectivity index (χ0v) is 16.8. The second kappa shape index (κ2) is 8.90. The summed E-state index contributed by atoms with van der Waals surface area (Å²) in [5.74, 6) is 0.189. The standard InChI is InChI=1S/C20H28N6O4/c21-10-17(19-22-8-3-9-30-19)26(29)25-20(27)24-18-14-6-1-4-12(14)16(11-23-28)13-5-2-7-15(13)18/h10,23,28-29H,1-9,11,21H2,(H2,24,25,27)/b17-10+. The second-order valence-corrected chi connectivity index (χ2v) is 7.63. The van der Waals surface area contributed by atoms with Gasteiger partial charge in [0.15, 0.2) is 5.70 Å². The SMILES string of the molecule is N/C=C(\C1=NCCCO1)N(O)NC(=O)Nc1c2c(c(CNO)c3c1CCC3)CCC2. The lowest BCUT2D eigenvalue weighted by Crippen LogP contribution is -2.44. The third-order valence-corrected chi connectivity index (χ3v) is 5.87. The van der Waals surface area contributed by atoms with E-state index in [0.717, 1.165) is 73.5 Å². The molecule has 0 atom stereocenters. The van der Waals surface area contributed by atoms with E-state index in [1.54, 1.807) is 0 Å². The molecule has 0 bridgehead atoms. The van der Waals surface area contributed by atoms with Crippen molar-refractivity contribution < 1.29 is 19.9 Å². The molecule has 0 spiro atoms. The summed E-state index contributed by atoms with van der Waals surface area (Å²) in [5.41, 5.74) is 17.0. The summed E-state index contributed by atoms with van der Waals surface area (Å²) in [7, 11) is 0. The van der Waals surface area contributed by atoms with E-state index in [4.69, 9.17) is 10.5 Å². The normalized spacial score (nSPS) is 17.7. The highest BCUT2D eigenvalue weighted by Gasteiger charge is 2.29. The first kappa shape index (κ1) is 20.5. The number of hydroxylamine groups is 2. The van der Waals surface area contributed by atoms with Crippen LogP contribution in [0.5, 0.6) is 0 Å². The summed E-state index contributed by atoms with van der Waals surface area (Å²) in [6.45, 7) is 1.46. The van der Waals surface area contributed by atoms with E-state index < -0.39 is 6.03 Å². The number of anilines is 1. The van der Waals surface area contributed by atoms with E-state index >= 15 is 0 Å². The Bertz CT molecular complexity index is 863. The Hall–Kier alpha value is -2.82. The van der Waals surface area contributed by atoms with Crippen LogP contribution in [0.3, 0.4) is 0 Å². The number of carbonyl (C=O) groups is 1. The van der Waals surface area contributed by atoms with Crippen LogP contribution < -0.4 is 22.0 Å². The van der Waals surface area contributed by atoms with Crippen LogP contribution in [0.25, 0.3) is 0 Å². The van der Waals surface area contributed by atoms with Crippen molar-refractivity contribution in [2.75, 3.05) is 18.5 Å². The lowest BCUT2D eigenvalue weighted by atomic mass is 9.92. The van der Waals surface area contributed by atoms with Gasteiger partial charge in [0.2, 0.25) is 5.90 Å². The number of benzene rings is 1. The number of ether oxygens (including phenoxy) is 1. The van der Waals surface area contributed by atoms with Crippen LogP contribution in [0.2, 0.25) is 0 Å². The van der Waals surface area contributed by atoms with Crippen molar-refractivity contribution >= 4 is 17.6 Å². The largest absolute Gasteiger partial charge is 0.476 e. The number of amides is 2. The van der Waals surface area contributed by atoms with E-state index in [1.807, 2.05) is 0 Å². The molecule has 30 heavy (non-hydrogen) atoms. The zero-order chi connectivity index (χ0) is 21.1. The molecular weight excluding hydrogens is 388 g/mol. The maximum atomic E-state index is 12.7. The van der Waals surface area contributed by atoms with Gasteiger partial charge in [0.1, 0.15) is 0 Å². The summed E-state index contributed by atoms with van der Waals surface area (Å²) in [5, 5.41) is 23.1. The molecular formula is C20H28N6O4. The van der Waals surface area contributed by atoms with Crippen LogP contribution in [0.1, 0.15) is 47.1 Å². The Balaban J connectivity index is 1.55. The minimum Gasteiger partial charge on any atom is -0.476 e. The molecule has 10 heteroatoms. The fraction of sp³-hybridized carbons (Fsp3) is 0.500. The van der Waals surface area contributed by atoms with Crippen LogP contribution in [-0.2, 0) is 37.0 Å². The molecule has 1 heterocycles. The van der Waals surface area contributed by atoms with E-state index in [2.05, 4.69) is 21.2 Å². The number of nitrogens with one attached hydrogen (secondary N) is 3. The maximum Gasteiger partial charge on any atom is 0.339 e. The summed E-state index contributed by atoms with van der Waals surface area (Å²) < 4.78 is 5.41. The number of rotatable bonds is 6. The van der Waals surface area contributed by atoms with Crippen molar-refractivity contribution in [1.29, 1.82) is 0 Å². The molecule has 0 unspecified atom stereocenters. The van der Waals surface area contributed by atoms with E-state index in [9.17, 15) is 15.2 Å². The highest BCUT2D eigenvalue weighted by atomic mass is 16.6. The average Bonchev–Trinajstić information content (AvgIpc) is 3.42. The predicted molar refractivity (Wildman–Crippen MR) is 110 cm³/mol. The number of fused-ring (bicyclic) bond motifs is 2. The van der Waals surface area contributed by atoms with Crippen molar-refractivity contribution in [2.24, 2.45) is 10.7 Å². The fourth-order valence-corrected chi connectivity index (χ4v) is 4.66. The Morgan fingerprint density at radius 3 is 2.37 bits per heavy atom. The first-order valence-electron chi connectivity index (χ1n) is 10.4. The molecule has 1 aromatic carbocycles. The summed E-state index contributed by atoms with van der Waals surface area (Å²) in [6.07, 6.45) is 7.55. The Morgan fingerprint density at radius 2 is 1.80 bits per heavy atom. The lowest BCUT2D eigenvalue weighted by molar-refractivity contribution is -0.0830. The van der Waals surface area contributed by atoms with Gasteiger partial charge in [-0.25, -0.2) is 20.7 Å². The highest BCUT2D eigenvalue weighted by Crippen LogP contribution is 2.41. The molecule has 0 aromatic heterocycles. The number of nitrogens with two attached hydrogens (primary N) is 1. The predicted octanol–water partition coefficient (Wildman–Crippen LogP) is 1.49. The number of hydrazine groups is 1. The quantitative estimate of drug-likeness (QED) is 0.385. The van der Waals surface area contributed by atoms with Crippen LogP contribution in [-0.4, -0.2) is 40.7 Å². The van der Waals surface area contributed by atoms with E-state index in [-0.39, 0.29) is 11.6 Å². The molecule has 3 aliphatic rings. The van der Waals surface area contributed by atoms with Crippen molar-refractivity contribution in [3.05, 3.63) is 39.7 Å². The number of hydrogen-bond donors (Lipinski definition) is 6. The third kappa shape index (κ3) is 3.81. The summed E-state index contributed by atoms with van der Waals surface area (Å²) in [6, 6.07) is -0.579. The Labute approximate surface area is 174 Å². The molecule has 0 radical (unpaired) electrons. The second-order valence-electron chi connectivity index (χ2n) is 7.63. The maximum absolute atomic E-state index is 12.7. The molecule has 1 aliphatic heterocycles. The van der Waals surface area contributed by atoms with Gasteiger partial charge < -0.3 is 21.0 Å². The number of hydrogen-bond acceptors (Lipinski definition) is 8. The summed E-state index contributed by atoms with van der Waals surface area (Å²) >= 11 is 0. The molecule has 4 rings (SSSR count). The molecule has 0 saturated heterocycles. The Morgan fingerprint density at radius 1 is 1.13 bits per heavy atom. The number of urea groups is 1. The van der Waals surface area contributed by atoms with Crippen molar-refractivity contribution in [1.82, 2.24) is 16.1 Å². The molecule has 2 aliphatic carbocycles. The molecule has 2 amide bonds. The van der Waals surface area contributed by atoms with Crippen LogP contribution in [0, 0.1) is 0 Å². The van der Waals surface area contributed by atoms with Gasteiger partial charge in [-0.1, -0.05) is 0 Å². The van der Waals surface area contributed by atoms with Gasteiger partial charge in [-0.2, -0.15) is 5.17 Å². The highest BCUT2D eigenvalue weighted by molar-refractivity contribution is 5.95. The van der Waals surface area contributed by atoms with Gasteiger partial charge in [-0.05, 0) is 66.3 Å². The minimum absolute atomic E-state index is 0.0738. The Kier molecular flexibility index (Phi) is 6.07. The van der Waals surface area contributed by atoms with Crippen LogP contribution >= 0.6 is 0 Å². The number of aliphatic imine (C=N–C) groups is 1. The average molecular weight is 416 g/mol. The van der Waals surface area contributed by atoms with Crippen molar-refractivity contribution in [3.63, 3.8) is 0 Å². The van der Waals surface area contributed by atoms with Gasteiger partial charge in [-0.15, -0.1) is 0 Å². The molecule has 162 valence electrons. The van der Waals surface area contributed by atoms with E-state index in [1.165, 1.54) is 11.1 Å². The zero-order valence-electron chi connectivity index (χ0n) is 16.8. The number of nitrogens with zero attached hydrogens (tertiary/aromatic N) is 2. The fourth-order valence-electron chi connectivity index (χ4n) is 4.66. The molecule has 7 N–H and O–H groups in total. The number of carbonyl (C=O) groups excluding carboxylic acids is 1. The first-order valence-corrected chi connectivity index (χ1v) is 10.4. The van der Waals surface area contributed by atoms with Gasteiger partial charge in [0, 0.05) is 31.4 Å². The minimum atomic E-state index is -0.579. The van der Waals surface area contributed by atoms with Crippen molar-refractivity contribution in [3.8, 4) is 0 Å². The van der Waals surface area contributed by atoms with Crippen LogP contribution in [0.4, 0.5) is 10.5 Å². The van der Waals surface area contributed by atoms with E-state index in [0.29, 0.717) is 24.9 Å².